The van der Waals surface area contributed by atoms with Crippen LogP contribution in [0.4, 0.5) is 13.2 Å². The van der Waals surface area contributed by atoms with Crippen LogP contribution in [0.5, 0.6) is 23.0 Å². The van der Waals surface area contributed by atoms with Crippen LogP contribution in [0.2, 0.25) is 0 Å². The highest BCUT2D eigenvalue weighted by Gasteiger charge is 2.30. The third kappa shape index (κ3) is 6.20. The van der Waals surface area contributed by atoms with E-state index < -0.39 is 11.7 Å². The Hall–Kier alpha value is -3.10. The monoisotopic (exact) mass is 413 g/mol. The van der Waals surface area contributed by atoms with Crippen LogP contribution >= 0.6 is 0 Å². The van der Waals surface area contributed by atoms with Crippen LogP contribution in [-0.2, 0) is 17.4 Å². The van der Waals surface area contributed by atoms with Crippen molar-refractivity contribution in [2.45, 2.75) is 12.6 Å². The van der Waals surface area contributed by atoms with Gasteiger partial charge in [-0.25, -0.2) is 0 Å². The molecule has 0 saturated heterocycles. The molecule has 0 fully saturated rings. The number of hydrogen-bond acceptors (Lipinski definition) is 5. The molecular weight excluding hydrogens is 391 g/mol. The topological polar surface area (TPSA) is 66.0 Å². The van der Waals surface area contributed by atoms with Crippen LogP contribution in [0.1, 0.15) is 11.1 Å². The summed E-state index contributed by atoms with van der Waals surface area (Å²) in [4.78, 5) is 12.1. The highest BCUT2D eigenvalue weighted by Crippen LogP contribution is 2.38. The van der Waals surface area contributed by atoms with Crippen molar-refractivity contribution < 1.29 is 36.9 Å². The molecule has 1 N–H and O–H groups in total. The Bertz CT molecular complexity index is 814. The summed E-state index contributed by atoms with van der Waals surface area (Å²) in [6.45, 7) is 0.168. The first-order valence-corrected chi connectivity index (χ1v) is 8.64. The van der Waals surface area contributed by atoms with Crippen LogP contribution in [0.25, 0.3) is 0 Å². The summed E-state index contributed by atoms with van der Waals surface area (Å²) in [5.41, 5.74) is -0.141. The normalized spacial score (nSPS) is 11.0. The van der Waals surface area contributed by atoms with Gasteiger partial charge in [0.25, 0.3) is 0 Å². The van der Waals surface area contributed by atoms with Crippen molar-refractivity contribution in [3.63, 3.8) is 0 Å². The number of nitrogens with one attached hydrogen (secondary N) is 1. The predicted molar refractivity (Wildman–Crippen MR) is 99.8 cm³/mol. The molecule has 29 heavy (non-hydrogen) atoms. The molecular formula is C20H22F3NO5. The second kappa shape index (κ2) is 9.90. The Morgan fingerprint density at radius 2 is 1.66 bits per heavy atom. The van der Waals surface area contributed by atoms with Gasteiger partial charge in [0, 0.05) is 0 Å². The van der Waals surface area contributed by atoms with Gasteiger partial charge in [-0.2, -0.15) is 13.2 Å². The number of carbonyl (C=O) groups excluding carboxylic acids is 1. The number of amides is 1. The van der Waals surface area contributed by atoms with Crippen molar-refractivity contribution >= 4 is 5.91 Å². The van der Waals surface area contributed by atoms with Gasteiger partial charge in [-0.15, -0.1) is 0 Å². The van der Waals surface area contributed by atoms with Gasteiger partial charge in [0.05, 0.1) is 39.9 Å². The molecule has 1 amide bonds. The van der Waals surface area contributed by atoms with Gasteiger partial charge in [0.2, 0.25) is 11.7 Å². The lowest BCUT2D eigenvalue weighted by Crippen LogP contribution is -2.29. The fraction of sp³-hybridized carbons (Fsp3) is 0.350. The van der Waals surface area contributed by atoms with E-state index in [1.165, 1.54) is 33.5 Å². The largest absolute Gasteiger partial charge is 0.493 e. The molecule has 9 heteroatoms. The van der Waals surface area contributed by atoms with E-state index in [1.807, 2.05) is 0 Å². The van der Waals surface area contributed by atoms with E-state index in [4.69, 9.17) is 18.9 Å². The first-order valence-electron chi connectivity index (χ1n) is 8.64. The summed E-state index contributed by atoms with van der Waals surface area (Å²) in [6, 6.07) is 7.90. The smallest absolute Gasteiger partial charge is 0.416 e. The third-order valence-electron chi connectivity index (χ3n) is 3.94. The number of halogens is 3. The number of alkyl halides is 3. The summed E-state index contributed by atoms with van der Waals surface area (Å²) in [5, 5.41) is 2.65. The molecule has 2 rings (SSSR count). The average molecular weight is 413 g/mol. The fourth-order valence-electron chi connectivity index (χ4n) is 2.61. The maximum absolute atomic E-state index is 12.7. The van der Waals surface area contributed by atoms with E-state index in [2.05, 4.69) is 5.32 Å². The van der Waals surface area contributed by atoms with E-state index >= 15 is 0 Å². The average Bonchev–Trinajstić information content (AvgIpc) is 2.70. The summed E-state index contributed by atoms with van der Waals surface area (Å²) < 4.78 is 59.1. The molecule has 0 bridgehead atoms. The highest BCUT2D eigenvalue weighted by molar-refractivity contribution is 5.79. The van der Waals surface area contributed by atoms with Gasteiger partial charge in [-0.1, -0.05) is 6.07 Å². The number of rotatable bonds is 9. The maximum Gasteiger partial charge on any atom is 0.416 e. The van der Waals surface area contributed by atoms with Gasteiger partial charge in [-0.3, -0.25) is 4.79 Å². The molecule has 0 spiro atoms. The zero-order valence-electron chi connectivity index (χ0n) is 16.3. The second-order valence-corrected chi connectivity index (χ2v) is 5.93. The molecule has 0 radical (unpaired) electrons. The van der Waals surface area contributed by atoms with Gasteiger partial charge < -0.3 is 24.3 Å². The fourth-order valence-corrected chi connectivity index (χ4v) is 2.61. The Balaban J connectivity index is 1.88. The van der Waals surface area contributed by atoms with Gasteiger partial charge in [0.1, 0.15) is 12.4 Å². The van der Waals surface area contributed by atoms with Gasteiger partial charge in [-0.05, 0) is 35.9 Å². The lowest BCUT2D eigenvalue weighted by molar-refractivity contribution is -0.137. The minimum atomic E-state index is -4.44. The molecule has 0 aliphatic carbocycles. The van der Waals surface area contributed by atoms with E-state index in [0.717, 1.165) is 12.1 Å². The highest BCUT2D eigenvalue weighted by atomic mass is 19.4. The summed E-state index contributed by atoms with van der Waals surface area (Å²) >= 11 is 0. The molecule has 0 aliphatic heterocycles. The van der Waals surface area contributed by atoms with E-state index in [9.17, 15) is 18.0 Å². The van der Waals surface area contributed by atoms with Crippen molar-refractivity contribution in [1.29, 1.82) is 0 Å². The summed E-state index contributed by atoms with van der Waals surface area (Å²) in [6.07, 6.45) is -4.38. The summed E-state index contributed by atoms with van der Waals surface area (Å²) in [7, 11) is 4.44. The van der Waals surface area contributed by atoms with Crippen LogP contribution in [0, 0.1) is 0 Å². The lowest BCUT2D eigenvalue weighted by Gasteiger charge is -2.14. The van der Waals surface area contributed by atoms with E-state index in [-0.39, 0.29) is 31.2 Å². The molecule has 6 nitrogen and oxygen atoms in total. The molecule has 0 saturated carbocycles. The Morgan fingerprint density at radius 3 is 2.21 bits per heavy atom. The van der Waals surface area contributed by atoms with Gasteiger partial charge in [0.15, 0.2) is 11.5 Å². The molecule has 2 aromatic carbocycles. The number of methoxy groups -OCH3 is 3. The minimum absolute atomic E-state index is 0.0301. The van der Waals surface area contributed by atoms with Crippen molar-refractivity contribution in [3.05, 3.63) is 47.5 Å². The molecule has 0 aliphatic rings. The Morgan fingerprint density at radius 1 is 1.00 bits per heavy atom. The molecule has 2 aromatic rings. The zero-order chi connectivity index (χ0) is 21.4. The Labute approximate surface area is 166 Å². The molecule has 158 valence electrons. The van der Waals surface area contributed by atoms with Crippen LogP contribution in [0.3, 0.4) is 0 Å². The third-order valence-corrected chi connectivity index (χ3v) is 3.94. The lowest BCUT2D eigenvalue weighted by atomic mass is 10.1. The van der Waals surface area contributed by atoms with E-state index in [1.54, 1.807) is 12.1 Å². The summed E-state index contributed by atoms with van der Waals surface area (Å²) in [5.74, 6) is 1.09. The first-order chi connectivity index (χ1) is 13.8. The number of ether oxygens (including phenoxy) is 4. The molecule has 0 heterocycles. The van der Waals surface area contributed by atoms with Crippen molar-refractivity contribution in [3.8, 4) is 23.0 Å². The van der Waals surface area contributed by atoms with Crippen LogP contribution in [0.15, 0.2) is 36.4 Å². The first kappa shape index (κ1) is 22.2. The number of benzene rings is 2. The van der Waals surface area contributed by atoms with Crippen molar-refractivity contribution in [2.75, 3.05) is 34.5 Å². The van der Waals surface area contributed by atoms with Crippen LogP contribution in [-0.4, -0.2) is 40.4 Å². The van der Waals surface area contributed by atoms with Crippen LogP contribution < -0.4 is 24.3 Å². The predicted octanol–water partition coefficient (Wildman–Crippen LogP) is 3.47. The standard InChI is InChI=1S/C20H22F3NO5/c1-26-16-9-13(10-17(27-2)19(16)28-3)11-18(25)24-7-8-29-15-6-4-5-14(12-15)20(21,22)23/h4-6,9-10,12H,7-8,11H2,1-3H3,(H,24,25). The second-order valence-electron chi connectivity index (χ2n) is 5.93. The molecule has 0 aromatic heterocycles. The molecule has 0 unspecified atom stereocenters. The van der Waals surface area contributed by atoms with E-state index in [0.29, 0.717) is 22.8 Å². The minimum Gasteiger partial charge on any atom is -0.493 e. The Kier molecular flexibility index (Phi) is 7.58. The van der Waals surface area contributed by atoms with Crippen molar-refractivity contribution in [1.82, 2.24) is 5.32 Å². The molecule has 0 atom stereocenters. The number of carbonyl (C=O) groups is 1. The SMILES string of the molecule is COc1cc(CC(=O)NCCOc2cccc(C(F)(F)F)c2)cc(OC)c1OC. The number of hydrogen-bond donors (Lipinski definition) is 1. The maximum atomic E-state index is 12.7. The zero-order valence-corrected chi connectivity index (χ0v) is 16.3. The van der Waals surface area contributed by atoms with Crippen molar-refractivity contribution in [2.24, 2.45) is 0 Å². The quantitative estimate of drug-likeness (QED) is 0.638. The van der Waals surface area contributed by atoms with Gasteiger partial charge >= 0.3 is 6.18 Å².